The van der Waals surface area contributed by atoms with E-state index in [1.807, 2.05) is 36.1 Å². The van der Waals surface area contributed by atoms with E-state index in [1.54, 1.807) is 14.0 Å². The molecule has 2 unspecified atom stereocenters. The van der Waals surface area contributed by atoms with Crippen LogP contribution in [-0.4, -0.2) is 41.5 Å². The molecule has 6 nitrogen and oxygen atoms in total. The molecule has 1 saturated heterocycles. The molecule has 0 aliphatic carbocycles. The van der Waals surface area contributed by atoms with Gasteiger partial charge in [0.2, 0.25) is 5.89 Å². The second-order valence-electron chi connectivity index (χ2n) is 6.28. The monoisotopic (exact) mass is 329 g/mol. The van der Waals surface area contributed by atoms with Crippen molar-refractivity contribution < 1.29 is 13.9 Å². The number of carbonyl (C=O) groups is 1. The first-order valence-corrected chi connectivity index (χ1v) is 8.18. The zero-order valence-electron chi connectivity index (χ0n) is 14.3. The molecule has 0 saturated carbocycles. The second kappa shape index (κ2) is 6.65. The molecule has 128 valence electrons. The third-order valence-corrected chi connectivity index (χ3v) is 4.51. The van der Waals surface area contributed by atoms with Gasteiger partial charge in [-0.15, -0.1) is 0 Å². The number of rotatable bonds is 3. The van der Waals surface area contributed by atoms with Gasteiger partial charge >= 0.3 is 0 Å². The van der Waals surface area contributed by atoms with Gasteiger partial charge in [0.25, 0.3) is 5.91 Å². The molecule has 3 rings (SSSR count). The van der Waals surface area contributed by atoms with Crippen LogP contribution in [0.25, 0.3) is 11.5 Å². The molecule has 1 aromatic heterocycles. The number of aromatic nitrogens is 1. The van der Waals surface area contributed by atoms with Crippen molar-refractivity contribution in [2.75, 3.05) is 13.7 Å². The number of piperidine rings is 1. The number of aryl methyl sites for hydroxylation is 1. The molecule has 1 aliphatic rings. The number of nitrogens with two attached hydrogens (primary N) is 1. The number of methoxy groups -OCH3 is 1. The molecular weight excluding hydrogens is 306 g/mol. The second-order valence-corrected chi connectivity index (χ2v) is 6.28. The number of carbonyl (C=O) groups excluding carboxylic acids is 1. The Kier molecular flexibility index (Phi) is 4.57. The topological polar surface area (TPSA) is 81.6 Å². The third kappa shape index (κ3) is 3.14. The molecule has 1 amide bonds. The quantitative estimate of drug-likeness (QED) is 0.936. The van der Waals surface area contributed by atoms with Crippen LogP contribution in [0.4, 0.5) is 0 Å². The highest BCUT2D eigenvalue weighted by Crippen LogP contribution is 2.26. The van der Waals surface area contributed by atoms with E-state index in [0.29, 0.717) is 23.9 Å². The minimum absolute atomic E-state index is 0.0876. The van der Waals surface area contributed by atoms with Crippen molar-refractivity contribution in [3.8, 4) is 17.2 Å². The number of benzene rings is 1. The Balaban J connectivity index is 1.84. The summed E-state index contributed by atoms with van der Waals surface area (Å²) < 4.78 is 10.9. The zero-order valence-corrected chi connectivity index (χ0v) is 14.3. The van der Waals surface area contributed by atoms with Gasteiger partial charge in [-0.25, -0.2) is 4.98 Å². The average molecular weight is 329 g/mol. The van der Waals surface area contributed by atoms with Crippen LogP contribution in [0.5, 0.6) is 5.75 Å². The minimum Gasteiger partial charge on any atom is -0.497 e. The highest BCUT2D eigenvalue weighted by Gasteiger charge is 2.30. The summed E-state index contributed by atoms with van der Waals surface area (Å²) in [6.07, 6.45) is 1.63. The fourth-order valence-corrected chi connectivity index (χ4v) is 3.10. The van der Waals surface area contributed by atoms with Crippen LogP contribution in [0.1, 0.15) is 36.0 Å². The van der Waals surface area contributed by atoms with Crippen LogP contribution in [0.2, 0.25) is 0 Å². The molecule has 0 bridgehead atoms. The number of nitrogens with zero attached hydrogens (tertiary/aromatic N) is 2. The fourth-order valence-electron chi connectivity index (χ4n) is 3.10. The van der Waals surface area contributed by atoms with Crippen LogP contribution in [0.15, 0.2) is 28.7 Å². The highest BCUT2D eigenvalue weighted by atomic mass is 16.5. The van der Waals surface area contributed by atoms with Gasteiger partial charge in [0.1, 0.15) is 11.5 Å². The van der Waals surface area contributed by atoms with E-state index >= 15 is 0 Å². The van der Waals surface area contributed by atoms with E-state index in [0.717, 1.165) is 24.2 Å². The van der Waals surface area contributed by atoms with Crippen LogP contribution >= 0.6 is 0 Å². The van der Waals surface area contributed by atoms with Crippen LogP contribution in [-0.2, 0) is 0 Å². The highest BCUT2D eigenvalue weighted by molar-refractivity contribution is 5.94. The molecule has 2 aromatic rings. The molecule has 2 heterocycles. The number of hydrogen-bond donors (Lipinski definition) is 1. The van der Waals surface area contributed by atoms with Crippen LogP contribution in [0.3, 0.4) is 0 Å². The summed E-state index contributed by atoms with van der Waals surface area (Å²) in [5, 5.41) is 0. The molecular formula is C18H23N3O3. The van der Waals surface area contributed by atoms with Crippen LogP contribution in [0, 0.1) is 6.92 Å². The Morgan fingerprint density at radius 2 is 2.08 bits per heavy atom. The lowest BCUT2D eigenvalue weighted by Crippen LogP contribution is -2.48. The van der Waals surface area contributed by atoms with Crippen molar-refractivity contribution in [1.29, 1.82) is 0 Å². The van der Waals surface area contributed by atoms with Gasteiger partial charge in [0.15, 0.2) is 5.69 Å². The number of hydrogen-bond acceptors (Lipinski definition) is 5. The maximum atomic E-state index is 12.8. The van der Waals surface area contributed by atoms with Crippen molar-refractivity contribution in [3.63, 3.8) is 0 Å². The lowest BCUT2D eigenvalue weighted by molar-refractivity contribution is 0.0612. The molecule has 0 radical (unpaired) electrons. The van der Waals surface area contributed by atoms with Gasteiger partial charge in [-0.2, -0.15) is 0 Å². The van der Waals surface area contributed by atoms with Crippen molar-refractivity contribution >= 4 is 5.91 Å². The summed E-state index contributed by atoms with van der Waals surface area (Å²) >= 11 is 0. The molecule has 0 spiro atoms. The van der Waals surface area contributed by atoms with Crippen molar-refractivity contribution in [2.24, 2.45) is 5.73 Å². The van der Waals surface area contributed by atoms with Gasteiger partial charge < -0.3 is 19.8 Å². The Bertz CT molecular complexity index is 724. The smallest absolute Gasteiger partial charge is 0.276 e. The number of oxazole rings is 1. The Morgan fingerprint density at radius 3 is 2.71 bits per heavy atom. The summed E-state index contributed by atoms with van der Waals surface area (Å²) in [7, 11) is 1.62. The SMILES string of the molecule is COc1ccc(-c2nc(C(=O)N3CCC(N)CC3C)c(C)o2)cc1. The molecule has 24 heavy (non-hydrogen) atoms. The fraction of sp³-hybridized carbons (Fsp3) is 0.444. The first-order chi connectivity index (χ1) is 11.5. The van der Waals surface area contributed by atoms with E-state index in [1.165, 1.54) is 0 Å². The molecule has 1 fully saturated rings. The van der Waals surface area contributed by atoms with Crippen molar-refractivity contribution in [3.05, 3.63) is 35.7 Å². The van der Waals surface area contributed by atoms with Gasteiger partial charge in [-0.3, -0.25) is 4.79 Å². The maximum absolute atomic E-state index is 12.8. The van der Waals surface area contributed by atoms with E-state index in [9.17, 15) is 4.79 Å². The largest absolute Gasteiger partial charge is 0.497 e. The van der Waals surface area contributed by atoms with Gasteiger partial charge in [-0.05, 0) is 51.0 Å². The van der Waals surface area contributed by atoms with Gasteiger partial charge in [-0.1, -0.05) is 0 Å². The lowest BCUT2D eigenvalue weighted by atomic mass is 9.99. The molecule has 2 N–H and O–H groups in total. The summed E-state index contributed by atoms with van der Waals surface area (Å²) in [6, 6.07) is 7.68. The Hall–Kier alpha value is -2.34. The molecule has 1 aromatic carbocycles. The Labute approximate surface area is 141 Å². The van der Waals surface area contributed by atoms with E-state index in [2.05, 4.69) is 4.98 Å². The maximum Gasteiger partial charge on any atom is 0.276 e. The minimum atomic E-state index is -0.0876. The molecule has 6 heteroatoms. The van der Waals surface area contributed by atoms with E-state index in [4.69, 9.17) is 14.9 Å². The van der Waals surface area contributed by atoms with Gasteiger partial charge in [0.05, 0.1) is 7.11 Å². The molecule has 2 atom stereocenters. The summed E-state index contributed by atoms with van der Waals surface area (Å²) in [6.45, 7) is 4.45. The van der Waals surface area contributed by atoms with Crippen LogP contribution < -0.4 is 10.5 Å². The predicted molar refractivity (Wildman–Crippen MR) is 90.9 cm³/mol. The van der Waals surface area contributed by atoms with Crippen molar-refractivity contribution in [2.45, 2.75) is 38.8 Å². The third-order valence-electron chi connectivity index (χ3n) is 4.51. The lowest BCUT2D eigenvalue weighted by Gasteiger charge is -2.35. The number of likely N-dealkylation sites (tertiary alicyclic amines) is 1. The van der Waals surface area contributed by atoms with E-state index < -0.39 is 0 Å². The standard InChI is InChI=1S/C18H23N3O3/c1-11-10-14(19)8-9-21(11)18(22)16-12(2)24-17(20-16)13-4-6-15(23-3)7-5-13/h4-7,11,14H,8-10,19H2,1-3H3. The number of amides is 1. The number of ether oxygens (including phenoxy) is 1. The average Bonchev–Trinajstić information content (AvgIpc) is 2.96. The summed E-state index contributed by atoms with van der Waals surface area (Å²) in [4.78, 5) is 19.1. The van der Waals surface area contributed by atoms with Crippen molar-refractivity contribution in [1.82, 2.24) is 9.88 Å². The molecule has 1 aliphatic heterocycles. The Morgan fingerprint density at radius 1 is 1.38 bits per heavy atom. The first-order valence-electron chi connectivity index (χ1n) is 8.18. The summed E-state index contributed by atoms with van der Waals surface area (Å²) in [5.41, 5.74) is 7.17. The normalized spacial score (nSPS) is 20.9. The zero-order chi connectivity index (χ0) is 17.3. The van der Waals surface area contributed by atoms with E-state index in [-0.39, 0.29) is 18.0 Å². The van der Waals surface area contributed by atoms with Gasteiger partial charge in [0, 0.05) is 24.2 Å². The summed E-state index contributed by atoms with van der Waals surface area (Å²) in [5.74, 6) is 1.65. The predicted octanol–water partition coefficient (Wildman–Crippen LogP) is 2.61. The first kappa shape index (κ1) is 16.5.